The molecule has 3 nitrogen and oxygen atoms in total. The Morgan fingerprint density at radius 2 is 2.00 bits per heavy atom. The molecule has 3 heteroatoms. The SMILES string of the molecule is CCC1(NC[C@@H](O)[C@@H](N)Cc2ccccc2)CCC1. The zero-order valence-electron chi connectivity index (χ0n) is 11.8. The molecule has 1 aromatic carbocycles. The molecule has 0 aliphatic heterocycles. The first-order chi connectivity index (χ1) is 9.15. The van der Waals surface area contributed by atoms with Gasteiger partial charge in [-0.25, -0.2) is 0 Å². The molecule has 2 rings (SSSR count). The fourth-order valence-corrected chi connectivity index (χ4v) is 2.75. The maximum atomic E-state index is 10.2. The van der Waals surface area contributed by atoms with Gasteiger partial charge in [0, 0.05) is 18.1 Å². The van der Waals surface area contributed by atoms with E-state index in [0.717, 1.165) is 12.8 Å². The standard InChI is InChI=1S/C16H26N2O/c1-2-16(9-6-10-16)18-12-15(19)14(17)11-13-7-4-3-5-8-13/h3-5,7-8,14-15,18-19H,2,6,9-12,17H2,1H3/t14-,15+/m0/s1. The number of rotatable bonds is 7. The molecule has 0 amide bonds. The van der Waals surface area contributed by atoms with Crippen molar-refractivity contribution in [2.75, 3.05) is 6.54 Å². The van der Waals surface area contributed by atoms with Crippen LogP contribution in [0.1, 0.15) is 38.2 Å². The van der Waals surface area contributed by atoms with Gasteiger partial charge in [0.25, 0.3) is 0 Å². The van der Waals surface area contributed by atoms with E-state index in [9.17, 15) is 5.11 Å². The number of hydrogen-bond acceptors (Lipinski definition) is 3. The molecule has 0 saturated heterocycles. The normalized spacial score (nSPS) is 20.6. The van der Waals surface area contributed by atoms with E-state index in [1.165, 1.54) is 24.8 Å². The predicted molar refractivity (Wildman–Crippen MR) is 79.0 cm³/mol. The summed E-state index contributed by atoms with van der Waals surface area (Å²) >= 11 is 0. The highest BCUT2D eigenvalue weighted by Crippen LogP contribution is 2.34. The van der Waals surface area contributed by atoms with E-state index in [0.29, 0.717) is 6.54 Å². The zero-order chi connectivity index (χ0) is 13.7. The minimum atomic E-state index is -0.482. The van der Waals surface area contributed by atoms with Crippen LogP contribution in [0.5, 0.6) is 0 Å². The molecule has 106 valence electrons. The summed E-state index contributed by atoms with van der Waals surface area (Å²) in [6, 6.07) is 9.91. The van der Waals surface area contributed by atoms with E-state index in [4.69, 9.17) is 5.73 Å². The number of hydrogen-bond donors (Lipinski definition) is 3. The van der Waals surface area contributed by atoms with Gasteiger partial charge in [0.15, 0.2) is 0 Å². The number of nitrogens with two attached hydrogens (primary N) is 1. The Balaban J connectivity index is 1.77. The van der Waals surface area contributed by atoms with Gasteiger partial charge >= 0.3 is 0 Å². The Bertz CT molecular complexity index is 370. The van der Waals surface area contributed by atoms with Crippen molar-refractivity contribution in [1.82, 2.24) is 5.32 Å². The van der Waals surface area contributed by atoms with E-state index in [2.05, 4.69) is 24.4 Å². The Labute approximate surface area is 116 Å². The number of β-amino-alcohol motifs (C(OH)–C–C–N with tert-alkyl or cyclic N) is 1. The van der Waals surface area contributed by atoms with Crippen LogP contribution in [0.4, 0.5) is 0 Å². The molecular formula is C16H26N2O. The molecule has 1 aliphatic rings. The molecule has 1 aromatic rings. The molecular weight excluding hydrogens is 236 g/mol. The van der Waals surface area contributed by atoms with Crippen molar-refractivity contribution in [3.05, 3.63) is 35.9 Å². The van der Waals surface area contributed by atoms with Crippen LogP contribution in [0.2, 0.25) is 0 Å². The molecule has 19 heavy (non-hydrogen) atoms. The topological polar surface area (TPSA) is 58.3 Å². The molecule has 0 radical (unpaired) electrons. The van der Waals surface area contributed by atoms with Gasteiger partial charge in [0.05, 0.1) is 6.10 Å². The lowest BCUT2D eigenvalue weighted by molar-refractivity contribution is 0.102. The Morgan fingerprint density at radius 1 is 1.32 bits per heavy atom. The van der Waals surface area contributed by atoms with Crippen LogP contribution in [0, 0.1) is 0 Å². The minimum Gasteiger partial charge on any atom is -0.390 e. The average molecular weight is 262 g/mol. The Kier molecular flexibility index (Phi) is 4.97. The van der Waals surface area contributed by atoms with Crippen molar-refractivity contribution in [2.45, 2.75) is 56.7 Å². The summed E-state index contributed by atoms with van der Waals surface area (Å²) in [5, 5.41) is 13.7. The molecule has 1 aliphatic carbocycles. The van der Waals surface area contributed by atoms with Crippen molar-refractivity contribution in [2.24, 2.45) is 5.73 Å². The highest BCUT2D eigenvalue weighted by Gasteiger charge is 2.35. The van der Waals surface area contributed by atoms with Crippen LogP contribution in [-0.2, 0) is 6.42 Å². The van der Waals surface area contributed by atoms with Crippen LogP contribution in [0.3, 0.4) is 0 Å². The van der Waals surface area contributed by atoms with Gasteiger partial charge in [-0.15, -0.1) is 0 Å². The van der Waals surface area contributed by atoms with E-state index in [-0.39, 0.29) is 11.6 Å². The number of aliphatic hydroxyl groups excluding tert-OH is 1. The van der Waals surface area contributed by atoms with Crippen molar-refractivity contribution < 1.29 is 5.11 Å². The van der Waals surface area contributed by atoms with E-state index in [1.54, 1.807) is 0 Å². The summed E-state index contributed by atoms with van der Waals surface area (Å²) in [5.74, 6) is 0. The van der Waals surface area contributed by atoms with E-state index in [1.807, 2.05) is 18.2 Å². The molecule has 0 unspecified atom stereocenters. The average Bonchev–Trinajstić information content (AvgIpc) is 2.39. The first-order valence-electron chi connectivity index (χ1n) is 7.38. The fourth-order valence-electron chi connectivity index (χ4n) is 2.75. The van der Waals surface area contributed by atoms with Gasteiger partial charge in [-0.1, -0.05) is 37.3 Å². The van der Waals surface area contributed by atoms with Gasteiger partial charge in [-0.05, 0) is 37.7 Å². The van der Waals surface area contributed by atoms with Crippen molar-refractivity contribution in [3.8, 4) is 0 Å². The first kappa shape index (κ1) is 14.5. The summed E-state index contributed by atoms with van der Waals surface area (Å²) < 4.78 is 0. The molecule has 4 N–H and O–H groups in total. The maximum Gasteiger partial charge on any atom is 0.0818 e. The van der Waals surface area contributed by atoms with Gasteiger partial charge in [0.2, 0.25) is 0 Å². The van der Waals surface area contributed by atoms with Crippen LogP contribution in [-0.4, -0.2) is 29.3 Å². The Morgan fingerprint density at radius 3 is 2.53 bits per heavy atom. The fraction of sp³-hybridized carbons (Fsp3) is 0.625. The lowest BCUT2D eigenvalue weighted by atomic mass is 9.74. The van der Waals surface area contributed by atoms with Gasteiger partial charge < -0.3 is 16.2 Å². The third-order valence-corrected chi connectivity index (χ3v) is 4.48. The molecule has 0 spiro atoms. The summed E-state index contributed by atoms with van der Waals surface area (Å²) in [7, 11) is 0. The smallest absolute Gasteiger partial charge is 0.0818 e. The van der Waals surface area contributed by atoms with Gasteiger partial charge in [0.1, 0.15) is 0 Å². The lowest BCUT2D eigenvalue weighted by Gasteiger charge is -2.43. The lowest BCUT2D eigenvalue weighted by Crippen LogP contribution is -2.55. The first-order valence-corrected chi connectivity index (χ1v) is 7.38. The monoisotopic (exact) mass is 262 g/mol. The van der Waals surface area contributed by atoms with Crippen LogP contribution in [0.15, 0.2) is 30.3 Å². The van der Waals surface area contributed by atoms with Crippen molar-refractivity contribution in [3.63, 3.8) is 0 Å². The summed E-state index contributed by atoms with van der Waals surface area (Å²) in [6.45, 7) is 2.81. The highest BCUT2D eigenvalue weighted by atomic mass is 16.3. The number of benzene rings is 1. The Hall–Kier alpha value is -0.900. The maximum absolute atomic E-state index is 10.2. The predicted octanol–water partition coefficient (Wildman–Crippen LogP) is 1.84. The van der Waals surface area contributed by atoms with Crippen molar-refractivity contribution in [1.29, 1.82) is 0 Å². The molecule has 0 bridgehead atoms. The highest BCUT2D eigenvalue weighted by molar-refractivity contribution is 5.16. The van der Waals surface area contributed by atoms with Gasteiger partial charge in [-0.3, -0.25) is 0 Å². The molecule has 1 fully saturated rings. The molecule has 0 heterocycles. The zero-order valence-corrected chi connectivity index (χ0v) is 11.8. The quantitative estimate of drug-likeness (QED) is 0.703. The summed E-state index contributed by atoms with van der Waals surface area (Å²) in [6.07, 6.45) is 5.13. The molecule has 0 aromatic heterocycles. The van der Waals surface area contributed by atoms with Crippen LogP contribution in [0.25, 0.3) is 0 Å². The second kappa shape index (κ2) is 6.51. The second-order valence-electron chi connectivity index (χ2n) is 5.79. The minimum absolute atomic E-state index is 0.205. The second-order valence-corrected chi connectivity index (χ2v) is 5.79. The van der Waals surface area contributed by atoms with Crippen LogP contribution >= 0.6 is 0 Å². The molecule has 1 saturated carbocycles. The summed E-state index contributed by atoms with van der Waals surface area (Å²) in [5.41, 5.74) is 7.54. The van der Waals surface area contributed by atoms with E-state index >= 15 is 0 Å². The third kappa shape index (κ3) is 3.78. The largest absolute Gasteiger partial charge is 0.390 e. The number of aliphatic hydroxyl groups is 1. The molecule has 2 atom stereocenters. The number of nitrogens with one attached hydrogen (secondary N) is 1. The summed E-state index contributed by atoms with van der Waals surface area (Å²) in [4.78, 5) is 0. The van der Waals surface area contributed by atoms with E-state index < -0.39 is 6.10 Å². The third-order valence-electron chi connectivity index (χ3n) is 4.48. The van der Waals surface area contributed by atoms with Crippen molar-refractivity contribution >= 4 is 0 Å². The van der Waals surface area contributed by atoms with Gasteiger partial charge in [-0.2, -0.15) is 0 Å². The van der Waals surface area contributed by atoms with Crippen LogP contribution < -0.4 is 11.1 Å².